The number of ether oxygens (including phenoxy) is 2. The average Bonchev–Trinajstić information content (AvgIpc) is 0.851. The molecule has 0 aliphatic rings. The molecular weight excluding hydrogens is 1650 g/mol. The Morgan fingerprint density at radius 1 is 0.304 bits per heavy atom. The molecule has 115 heavy (non-hydrogen) atoms. The summed E-state index contributed by atoms with van der Waals surface area (Å²) in [6, 6.07) is 8.97. The quantitative estimate of drug-likeness (QED) is 0.0220. The lowest BCUT2D eigenvalue weighted by atomic mass is 10.1. The van der Waals surface area contributed by atoms with Crippen molar-refractivity contribution in [2.24, 2.45) is 11.8 Å². The highest BCUT2D eigenvalue weighted by Crippen LogP contribution is 2.32. The van der Waals surface area contributed by atoms with Crippen LogP contribution in [-0.4, -0.2) is 217 Å². The van der Waals surface area contributed by atoms with Gasteiger partial charge in [0.05, 0.1) is 26.4 Å². The third kappa shape index (κ3) is 104. The van der Waals surface area contributed by atoms with Gasteiger partial charge in [0.1, 0.15) is 0 Å². The van der Waals surface area contributed by atoms with E-state index in [0.717, 1.165) is 95.3 Å². The number of carbonyl (C=O) groups excluding carboxylic acids is 2. The summed E-state index contributed by atoms with van der Waals surface area (Å²) in [4.78, 5) is 26.8. The average molecular weight is 1860 g/mol. The normalized spacial score (nSPS) is 12.7. The molecule has 0 aromatic rings. The van der Waals surface area contributed by atoms with Crippen molar-refractivity contribution in [1.29, 1.82) is 0 Å². The van der Waals surface area contributed by atoms with Crippen molar-refractivity contribution in [2.75, 3.05) is 79.0 Å². The van der Waals surface area contributed by atoms with Crippen LogP contribution in [0, 0.1) is 11.8 Å². The second kappa shape index (κ2) is 79.5. The van der Waals surface area contributed by atoms with Crippen molar-refractivity contribution in [3.8, 4) is 0 Å². The van der Waals surface area contributed by atoms with E-state index in [-0.39, 0.29) is 92.0 Å². The van der Waals surface area contributed by atoms with Crippen molar-refractivity contribution in [1.82, 2.24) is 10.6 Å². The van der Waals surface area contributed by atoms with Gasteiger partial charge in [-0.1, -0.05) is 197 Å². The summed E-state index contributed by atoms with van der Waals surface area (Å²) < 4.78 is 63.5. The molecule has 7 N–H and O–H groups in total. The van der Waals surface area contributed by atoms with Gasteiger partial charge in [0.25, 0.3) is 0 Å². The first-order chi connectivity index (χ1) is 49.2. The number of hydrogen-bond donors (Lipinski definition) is 7. The SMILES string of the molecule is C.C.C.C.C.C.C.C.CCCCCCCCCC[Si](C)(C)O[Si](C)(C)O[Si](C)(C)CCCCCCCCCCC(=O)O.CCNCC(C)C[Si](C)(C)O[Si](C)(C)O[Si](C)(C)CC(C)CNCC.C[Si](C)(CCCCOCCO)O[Si](C)(C)O[Si](C)(C)CCCOCCO.C[Si](C)(CCCO)O[Si](C)(C)O[Si](C)(C)CCCO.O=C=O. The molecule has 2 atom stereocenters. The predicted octanol–water partition coefficient (Wildman–Crippen LogP) is 25.2. The summed E-state index contributed by atoms with van der Waals surface area (Å²) in [6.45, 7) is 72.8. The van der Waals surface area contributed by atoms with E-state index in [0.29, 0.717) is 44.7 Å². The van der Waals surface area contributed by atoms with E-state index in [1.54, 1.807) is 0 Å². The van der Waals surface area contributed by atoms with Crippen molar-refractivity contribution < 1.29 is 82.3 Å². The molecule has 0 amide bonds. The van der Waals surface area contributed by atoms with Crippen molar-refractivity contribution >= 4 is 113 Å². The Hall–Kier alpha value is 0.813. The number of aliphatic hydroxyl groups excluding tert-OH is 4. The van der Waals surface area contributed by atoms with Crippen molar-refractivity contribution in [3.05, 3.63) is 0 Å². The van der Waals surface area contributed by atoms with E-state index < -0.39 is 107 Å². The molecule has 20 nitrogen and oxygen atoms in total. The molecule has 0 spiro atoms. The minimum atomic E-state index is -2.15. The second-order valence-corrected chi connectivity index (χ2v) is 86.3. The summed E-state index contributed by atoms with van der Waals surface area (Å²) in [5.74, 6) is 0.661. The Labute approximate surface area is 732 Å². The Balaban J connectivity index is -0.000000108. The Kier molecular flexibility index (Phi) is 99.8. The van der Waals surface area contributed by atoms with E-state index in [1.165, 1.54) is 114 Å². The smallest absolute Gasteiger partial charge is 0.373 e. The van der Waals surface area contributed by atoms with E-state index in [4.69, 9.17) is 77.5 Å². The standard InChI is InChI=1S/C27H60O4Si3.C18H46N2O2Si3.C17H42O6Si3.C12H32O4Si3.CO2.8CH4/c1-8-9-10-11-12-16-19-22-25-32(2,3)30-34(6,7)31-33(4,5)26-23-20-17-14-13-15-18-21-24-27(28)29;1-11-19-13-17(3)15-23(5,6)21-25(9,10)22-24(7,8)16-18(4)14-20-12-2;1-24(2,16-8-7-12-20-14-10-18)22-26(5,6)23-25(3,4)17-9-13-21-15-11-19;1-17(2,11-7-9-13)15-19(5,6)16-18(3,4)12-8-10-14;2-1-3;;;;;;;;/h8-26H2,1-7H3,(H,28,29);17-20H,11-16H2,1-10H3;18-19H,7-17H2,1-6H3;13-14H,7-12H2,1-6H3;;8*1H4. The van der Waals surface area contributed by atoms with Crippen LogP contribution in [0.3, 0.4) is 0 Å². The Morgan fingerprint density at radius 2 is 0.522 bits per heavy atom. The molecule has 0 saturated heterocycles. The summed E-state index contributed by atoms with van der Waals surface area (Å²) in [5.41, 5.74) is 0. The molecule has 0 aromatic carbocycles. The summed E-state index contributed by atoms with van der Waals surface area (Å²) in [5, 5.41) is 50.9. The van der Waals surface area contributed by atoms with Gasteiger partial charge in [0.15, 0.2) is 66.5 Å². The summed E-state index contributed by atoms with van der Waals surface area (Å²) in [6.07, 6.45) is 25.7. The number of hydrogen-bond acceptors (Lipinski definition) is 19. The Morgan fingerprint density at radius 3 is 0.765 bits per heavy atom. The van der Waals surface area contributed by atoms with Crippen molar-refractivity contribution in [3.63, 3.8) is 0 Å². The molecule has 0 aliphatic carbocycles. The van der Waals surface area contributed by atoms with Gasteiger partial charge in [-0.25, -0.2) is 0 Å². The zero-order chi connectivity index (χ0) is 83.6. The highest BCUT2D eigenvalue weighted by Gasteiger charge is 2.44. The molecule has 0 saturated carbocycles. The molecule has 0 aromatic heterocycles. The first-order valence-corrected chi connectivity index (χ1v) is 78.2. The summed E-state index contributed by atoms with van der Waals surface area (Å²) in [7, 11) is -22.2. The third-order valence-corrected chi connectivity index (χ3v) is 63.7. The molecule has 0 aliphatic heterocycles. The molecule has 0 radical (unpaired) electrons. The van der Waals surface area contributed by atoms with Crippen LogP contribution in [0.4, 0.5) is 0 Å². The van der Waals surface area contributed by atoms with Crippen molar-refractivity contribution in [2.45, 2.75) is 441 Å². The first kappa shape index (κ1) is 144. The summed E-state index contributed by atoms with van der Waals surface area (Å²) >= 11 is 0. The van der Waals surface area contributed by atoms with E-state index >= 15 is 0 Å². The van der Waals surface area contributed by atoms with Gasteiger partial charge in [-0.05, 0) is 276 Å². The van der Waals surface area contributed by atoms with E-state index in [2.05, 4.69) is 202 Å². The van der Waals surface area contributed by atoms with Gasteiger partial charge in [0.2, 0.25) is 0 Å². The zero-order valence-corrected chi connectivity index (χ0v) is 87.4. The van der Waals surface area contributed by atoms with E-state index in [1.807, 2.05) is 0 Å². The number of aliphatic hydroxyl groups is 4. The van der Waals surface area contributed by atoms with Gasteiger partial charge in [-0.15, -0.1) is 0 Å². The predicted molar refractivity (Wildman–Crippen MR) is 536 cm³/mol. The topological polar surface area (TPSA) is 269 Å². The first-order valence-electron chi connectivity index (χ1n) is 42.0. The molecule has 2 unspecified atom stereocenters. The minimum Gasteiger partial charge on any atom is -0.481 e. The largest absolute Gasteiger partial charge is 0.481 e. The maximum Gasteiger partial charge on any atom is 0.373 e. The fourth-order valence-corrected chi connectivity index (χ4v) is 72.5. The van der Waals surface area contributed by atoms with Gasteiger partial charge in [-0.3, -0.25) is 4.79 Å². The maximum absolute atomic E-state index is 10.5. The molecule has 0 fully saturated rings. The lowest BCUT2D eigenvalue weighted by molar-refractivity contribution is -0.191. The number of aliphatic carboxylic acids is 1. The van der Waals surface area contributed by atoms with Crippen LogP contribution in [-0.2, 0) is 56.8 Å². The fourth-order valence-electron chi connectivity index (χ4n) is 14.7. The maximum atomic E-state index is 10.5. The Bertz CT molecular complexity index is 2080. The van der Waals surface area contributed by atoms with Crippen LogP contribution in [0.5, 0.6) is 0 Å². The fraction of sp³-hybridized carbons (Fsp3) is 0.976. The highest BCUT2D eigenvalue weighted by atomic mass is 28.5. The molecular formula is C83H212N2O18Si12. The van der Waals surface area contributed by atoms with Crippen LogP contribution < -0.4 is 10.6 Å². The van der Waals surface area contributed by atoms with Crippen LogP contribution in [0.2, 0.25) is 205 Å². The number of carboxylic acids is 1. The minimum absolute atomic E-state index is 0. The number of carbonyl (C=O) groups is 1. The van der Waals surface area contributed by atoms with Gasteiger partial charge in [0, 0.05) is 32.8 Å². The van der Waals surface area contributed by atoms with Crippen LogP contribution >= 0.6 is 0 Å². The zero-order valence-electron chi connectivity index (χ0n) is 75.4. The highest BCUT2D eigenvalue weighted by molar-refractivity contribution is 6.90. The molecule has 32 heteroatoms. The molecule has 0 bridgehead atoms. The van der Waals surface area contributed by atoms with Crippen LogP contribution in [0.15, 0.2) is 0 Å². The third-order valence-electron chi connectivity index (χ3n) is 17.6. The van der Waals surface area contributed by atoms with Crippen LogP contribution in [0.25, 0.3) is 0 Å². The van der Waals surface area contributed by atoms with Gasteiger partial charge < -0.3 is 78.6 Å². The number of rotatable bonds is 65. The second-order valence-electron chi connectivity index (χ2n) is 36.6. The lowest BCUT2D eigenvalue weighted by Gasteiger charge is -2.40. The molecule has 710 valence electrons. The van der Waals surface area contributed by atoms with Gasteiger partial charge >= 0.3 is 46.4 Å². The lowest BCUT2D eigenvalue weighted by Crippen LogP contribution is -2.53. The van der Waals surface area contributed by atoms with Crippen LogP contribution in [0.1, 0.15) is 235 Å². The van der Waals surface area contributed by atoms with E-state index in [9.17, 15) is 4.79 Å². The van der Waals surface area contributed by atoms with Gasteiger partial charge in [-0.2, -0.15) is 9.59 Å². The number of nitrogens with one attached hydrogen (secondary N) is 2. The molecule has 0 heterocycles. The number of unbranched alkanes of at least 4 members (excludes halogenated alkanes) is 15. The molecule has 0 rings (SSSR count). The number of carboxylic acid groups (broad SMARTS) is 1. The monoisotopic (exact) mass is 1860 g/mol.